The Balaban J connectivity index is 0. The fraction of sp³-hybridized carbons (Fsp3) is 0.500. The average molecular weight is 154 g/mol. The Morgan fingerprint density at radius 2 is 1.78 bits per heavy atom. The van der Waals surface area contributed by atoms with E-state index in [1.54, 1.807) is 0 Å². The highest BCUT2D eigenvalue weighted by atomic mass is 35.5. The minimum Gasteiger partial charge on any atom is -0.481 e. The van der Waals surface area contributed by atoms with Crippen LogP contribution in [0.5, 0.6) is 0 Å². The summed E-state index contributed by atoms with van der Waals surface area (Å²) < 4.78 is 0. The van der Waals surface area contributed by atoms with Gasteiger partial charge in [-0.1, -0.05) is 0 Å². The van der Waals surface area contributed by atoms with Crippen molar-refractivity contribution in [2.45, 2.75) is 12.8 Å². The summed E-state index contributed by atoms with van der Waals surface area (Å²) in [5, 5.41) is 7.95. The molecule has 4 nitrogen and oxygen atoms in total. The van der Waals surface area contributed by atoms with Crippen molar-refractivity contribution in [2.24, 2.45) is 5.73 Å². The lowest BCUT2D eigenvalue weighted by Crippen LogP contribution is -2.12. The number of carbonyl (C=O) groups is 2. The van der Waals surface area contributed by atoms with Gasteiger partial charge in [0.1, 0.15) is 0 Å². The quantitative estimate of drug-likeness (QED) is 0.587. The number of aliphatic carboxylic acids is 1. The molecule has 0 aliphatic rings. The van der Waals surface area contributed by atoms with Gasteiger partial charge in [0.2, 0.25) is 5.91 Å². The van der Waals surface area contributed by atoms with Gasteiger partial charge in [0.25, 0.3) is 0 Å². The monoisotopic (exact) mass is 153 g/mol. The molecule has 0 aromatic heterocycles. The van der Waals surface area contributed by atoms with Crippen molar-refractivity contribution in [1.82, 2.24) is 0 Å². The Kier molecular flexibility index (Phi) is 6.61. The molecule has 0 saturated heterocycles. The third-order valence-electron chi connectivity index (χ3n) is 0.585. The molecule has 0 radical (unpaired) electrons. The van der Waals surface area contributed by atoms with Crippen molar-refractivity contribution in [1.29, 1.82) is 0 Å². The van der Waals surface area contributed by atoms with Crippen LogP contribution in [0.15, 0.2) is 0 Å². The number of amides is 1. The van der Waals surface area contributed by atoms with E-state index in [4.69, 9.17) is 5.11 Å². The zero-order valence-electron chi connectivity index (χ0n) is 4.66. The van der Waals surface area contributed by atoms with Crippen molar-refractivity contribution in [2.75, 3.05) is 0 Å². The number of carbonyl (C=O) groups excluding carboxylic acids is 1. The second kappa shape index (κ2) is 5.37. The molecule has 0 rings (SSSR count). The first kappa shape index (κ1) is 11.1. The summed E-state index contributed by atoms with van der Waals surface area (Å²) in [4.78, 5) is 19.6. The highest BCUT2D eigenvalue weighted by Gasteiger charge is 1.98. The summed E-state index contributed by atoms with van der Waals surface area (Å²) in [5.41, 5.74) is 4.64. The minimum absolute atomic E-state index is 0. The molecule has 0 spiro atoms. The molecule has 0 atom stereocenters. The van der Waals surface area contributed by atoms with Crippen LogP contribution in [0.3, 0.4) is 0 Å². The average Bonchev–Trinajstić information content (AvgIpc) is 1.61. The van der Waals surface area contributed by atoms with Crippen LogP contribution in [0.25, 0.3) is 0 Å². The summed E-state index contributed by atoms with van der Waals surface area (Å²) >= 11 is 0. The van der Waals surface area contributed by atoms with E-state index in [2.05, 4.69) is 5.73 Å². The molecule has 3 N–H and O–H groups in total. The van der Waals surface area contributed by atoms with Crippen LogP contribution < -0.4 is 5.73 Å². The molecule has 0 aliphatic carbocycles. The normalized spacial score (nSPS) is 7.56. The number of nitrogens with two attached hydrogens (primary N) is 1. The largest absolute Gasteiger partial charge is 0.481 e. The van der Waals surface area contributed by atoms with Gasteiger partial charge in [-0.2, -0.15) is 0 Å². The molecule has 0 aromatic carbocycles. The number of carboxylic acid groups (broad SMARTS) is 1. The second-order valence-corrected chi connectivity index (χ2v) is 1.36. The highest BCUT2D eigenvalue weighted by Crippen LogP contribution is 1.84. The van der Waals surface area contributed by atoms with Crippen LogP contribution in [0, 0.1) is 0 Å². The number of rotatable bonds is 3. The Bertz CT molecular complexity index is 100. The first-order chi connectivity index (χ1) is 3.63. The summed E-state index contributed by atoms with van der Waals surface area (Å²) in [6, 6.07) is 0. The van der Waals surface area contributed by atoms with Crippen molar-refractivity contribution in [3.8, 4) is 0 Å². The van der Waals surface area contributed by atoms with Gasteiger partial charge in [0.15, 0.2) is 0 Å². The molecule has 5 heteroatoms. The predicted octanol–water partition coefficient (Wildman–Crippen LogP) is -0.242. The van der Waals surface area contributed by atoms with Crippen molar-refractivity contribution in [3.05, 3.63) is 0 Å². The van der Waals surface area contributed by atoms with Gasteiger partial charge in [0, 0.05) is 6.42 Å². The van der Waals surface area contributed by atoms with Crippen LogP contribution in [0.2, 0.25) is 0 Å². The van der Waals surface area contributed by atoms with E-state index < -0.39 is 11.9 Å². The third-order valence-corrected chi connectivity index (χ3v) is 0.585. The van der Waals surface area contributed by atoms with Gasteiger partial charge in [-0.3, -0.25) is 9.59 Å². The minimum atomic E-state index is -0.996. The number of hydrogen-bond donors (Lipinski definition) is 2. The molecule has 0 fully saturated rings. The number of hydrogen-bond acceptors (Lipinski definition) is 2. The summed E-state index contributed by atoms with van der Waals surface area (Å²) in [7, 11) is 0. The Hall–Kier alpha value is -0.770. The van der Waals surface area contributed by atoms with Crippen molar-refractivity contribution in [3.63, 3.8) is 0 Å². The Morgan fingerprint density at radius 1 is 1.33 bits per heavy atom. The highest BCUT2D eigenvalue weighted by molar-refractivity contribution is 5.85. The zero-order valence-corrected chi connectivity index (χ0v) is 5.48. The van der Waals surface area contributed by atoms with Gasteiger partial charge in [-0.15, -0.1) is 12.4 Å². The Morgan fingerprint density at radius 3 is 1.89 bits per heavy atom. The van der Waals surface area contributed by atoms with Crippen LogP contribution in [-0.2, 0) is 9.59 Å². The smallest absolute Gasteiger partial charge is 0.303 e. The second-order valence-electron chi connectivity index (χ2n) is 1.36. The standard InChI is InChI=1S/C4H7NO3.ClH/c5-3(6)1-2-4(7)8;/h1-2H2,(H2,5,6)(H,7,8);1H. The maximum atomic E-state index is 9.86. The maximum absolute atomic E-state index is 9.86. The van der Waals surface area contributed by atoms with E-state index >= 15 is 0 Å². The van der Waals surface area contributed by atoms with E-state index in [1.807, 2.05) is 0 Å². The molecule has 0 aliphatic heterocycles. The molecular weight excluding hydrogens is 146 g/mol. The van der Waals surface area contributed by atoms with E-state index in [0.717, 1.165) is 0 Å². The molecule has 0 unspecified atom stereocenters. The fourth-order valence-corrected chi connectivity index (χ4v) is 0.230. The van der Waals surface area contributed by atoms with Crippen LogP contribution in [0.1, 0.15) is 12.8 Å². The lowest BCUT2D eigenvalue weighted by Gasteiger charge is -1.86. The zero-order chi connectivity index (χ0) is 6.57. The number of primary amides is 1. The lowest BCUT2D eigenvalue weighted by atomic mass is 10.3. The predicted molar refractivity (Wildman–Crippen MR) is 33.3 cm³/mol. The number of carboxylic acids is 1. The number of halogens is 1. The molecule has 54 valence electrons. The molecule has 1 amide bonds. The van der Waals surface area contributed by atoms with Gasteiger partial charge in [-0.05, 0) is 0 Å². The van der Waals surface area contributed by atoms with Gasteiger partial charge < -0.3 is 10.8 Å². The van der Waals surface area contributed by atoms with Crippen LogP contribution in [0.4, 0.5) is 0 Å². The summed E-state index contributed by atoms with van der Waals surface area (Å²) in [5.74, 6) is -1.57. The first-order valence-electron chi connectivity index (χ1n) is 2.13. The maximum Gasteiger partial charge on any atom is 0.303 e. The molecule has 0 heterocycles. The summed E-state index contributed by atoms with van der Waals surface area (Å²) in [6.45, 7) is 0. The third kappa shape index (κ3) is 11.1. The van der Waals surface area contributed by atoms with Gasteiger partial charge >= 0.3 is 5.97 Å². The molecule has 0 saturated carbocycles. The molecule has 9 heavy (non-hydrogen) atoms. The lowest BCUT2D eigenvalue weighted by molar-refractivity contribution is -0.138. The fourth-order valence-electron chi connectivity index (χ4n) is 0.230. The van der Waals surface area contributed by atoms with Gasteiger partial charge in [0.05, 0.1) is 6.42 Å². The van der Waals surface area contributed by atoms with Crippen LogP contribution in [-0.4, -0.2) is 17.0 Å². The van der Waals surface area contributed by atoms with E-state index in [0.29, 0.717) is 0 Å². The topological polar surface area (TPSA) is 80.4 Å². The molecular formula is C4H8ClNO3. The SMILES string of the molecule is Cl.NC(=O)CCC(=O)O. The van der Waals surface area contributed by atoms with Crippen LogP contribution >= 0.6 is 12.4 Å². The summed E-state index contributed by atoms with van der Waals surface area (Å²) in [6.07, 6.45) is -0.245. The van der Waals surface area contributed by atoms with E-state index in [1.165, 1.54) is 0 Å². The van der Waals surface area contributed by atoms with Crippen molar-refractivity contribution < 1.29 is 14.7 Å². The first-order valence-corrected chi connectivity index (χ1v) is 2.13. The van der Waals surface area contributed by atoms with E-state index in [9.17, 15) is 9.59 Å². The molecule has 0 bridgehead atoms. The molecule has 0 aromatic rings. The van der Waals surface area contributed by atoms with Crippen molar-refractivity contribution >= 4 is 24.3 Å². The van der Waals surface area contributed by atoms with E-state index in [-0.39, 0.29) is 25.2 Å². The Labute approximate surface area is 58.4 Å². The van der Waals surface area contributed by atoms with Gasteiger partial charge in [-0.25, -0.2) is 0 Å².